The largest absolute Gasteiger partial charge is 0.353 e. The molecule has 1 fully saturated rings. The van der Waals surface area contributed by atoms with Crippen LogP contribution in [0.25, 0.3) is 10.9 Å². The highest BCUT2D eigenvalue weighted by atomic mass is 15.3. The minimum atomic E-state index is 0.358. The minimum absolute atomic E-state index is 0.358. The van der Waals surface area contributed by atoms with E-state index in [9.17, 15) is 0 Å². The molecule has 0 spiro atoms. The number of fused-ring (bicyclic) bond motifs is 3. The normalized spacial score (nSPS) is 16.2. The summed E-state index contributed by atoms with van der Waals surface area (Å²) >= 11 is 0. The second-order valence-electron chi connectivity index (χ2n) is 7.73. The molecular weight excluding hydrogens is 364 g/mol. The van der Waals surface area contributed by atoms with Gasteiger partial charge in [0.05, 0.1) is 12.1 Å². The molecule has 0 bridgehead atoms. The Morgan fingerprint density at radius 1 is 1.07 bits per heavy atom. The van der Waals surface area contributed by atoms with E-state index < -0.39 is 0 Å². The number of hydrogen-bond acceptors (Lipinski definition) is 8. The van der Waals surface area contributed by atoms with Crippen LogP contribution in [0.1, 0.15) is 25.0 Å². The van der Waals surface area contributed by atoms with Crippen molar-refractivity contribution in [1.82, 2.24) is 25.5 Å². The van der Waals surface area contributed by atoms with Gasteiger partial charge in [-0.25, -0.2) is 9.97 Å². The molecule has 8 heteroatoms. The fraction of sp³-hybridized carbons (Fsp3) is 0.381. The number of nitrogens with zero attached hydrogens (tertiary/aromatic N) is 6. The third-order valence-corrected chi connectivity index (χ3v) is 5.39. The van der Waals surface area contributed by atoms with Crippen molar-refractivity contribution in [2.24, 2.45) is 10.9 Å². The van der Waals surface area contributed by atoms with Gasteiger partial charge in [-0.15, -0.1) is 10.2 Å². The average molecular weight is 388 g/mol. The van der Waals surface area contributed by atoms with Gasteiger partial charge in [-0.05, 0) is 23.6 Å². The number of piperazine rings is 1. The highest BCUT2D eigenvalue weighted by Gasteiger charge is 2.22. The quantitative estimate of drug-likeness (QED) is 0.710. The summed E-state index contributed by atoms with van der Waals surface area (Å²) in [6, 6.07) is 8.11. The number of nitrogens with one attached hydrogen (secondary N) is 2. The first-order valence-electron chi connectivity index (χ1n) is 10.1. The van der Waals surface area contributed by atoms with E-state index >= 15 is 0 Å². The monoisotopic (exact) mass is 388 g/mol. The Bertz CT molecular complexity index is 1070. The number of anilines is 3. The molecule has 2 N–H and O–H groups in total. The fourth-order valence-electron chi connectivity index (χ4n) is 3.91. The third-order valence-electron chi connectivity index (χ3n) is 5.39. The van der Waals surface area contributed by atoms with Crippen LogP contribution in [0.15, 0.2) is 35.5 Å². The van der Waals surface area contributed by atoms with Gasteiger partial charge in [0, 0.05) is 49.0 Å². The predicted octanol–water partition coefficient (Wildman–Crippen LogP) is 2.53. The fourth-order valence-corrected chi connectivity index (χ4v) is 3.91. The van der Waals surface area contributed by atoms with Crippen LogP contribution in [-0.4, -0.2) is 52.1 Å². The van der Waals surface area contributed by atoms with E-state index in [0.717, 1.165) is 60.7 Å². The molecule has 4 heterocycles. The van der Waals surface area contributed by atoms with Crippen molar-refractivity contribution < 1.29 is 0 Å². The SMILES string of the molecule is CC(C)C1=NCc2ccc3cnc(Nc4ccc(N5CCNCC5)nn4)nc3c21. The molecule has 1 aromatic carbocycles. The van der Waals surface area contributed by atoms with Crippen molar-refractivity contribution in [2.75, 3.05) is 36.4 Å². The molecule has 2 aliphatic rings. The number of aliphatic imine (C=N–C) groups is 1. The molecule has 0 radical (unpaired) electrons. The van der Waals surface area contributed by atoms with Gasteiger partial charge in [0.25, 0.3) is 0 Å². The van der Waals surface area contributed by atoms with Gasteiger partial charge in [0.15, 0.2) is 11.6 Å². The van der Waals surface area contributed by atoms with Crippen molar-refractivity contribution in [3.63, 3.8) is 0 Å². The maximum Gasteiger partial charge on any atom is 0.228 e. The van der Waals surface area contributed by atoms with Gasteiger partial charge in [-0.3, -0.25) is 4.99 Å². The summed E-state index contributed by atoms with van der Waals surface area (Å²) < 4.78 is 0. The smallest absolute Gasteiger partial charge is 0.228 e. The molecule has 148 valence electrons. The maximum absolute atomic E-state index is 4.80. The first-order chi connectivity index (χ1) is 14.2. The number of hydrogen-bond donors (Lipinski definition) is 2. The third kappa shape index (κ3) is 3.40. The van der Waals surface area contributed by atoms with Gasteiger partial charge in [0.1, 0.15) is 0 Å². The van der Waals surface area contributed by atoms with Crippen LogP contribution in [-0.2, 0) is 6.54 Å². The predicted molar refractivity (Wildman–Crippen MR) is 115 cm³/mol. The molecule has 3 aromatic rings. The summed E-state index contributed by atoms with van der Waals surface area (Å²) in [5.74, 6) is 2.40. The molecule has 0 aliphatic carbocycles. The van der Waals surface area contributed by atoms with E-state index in [2.05, 4.69) is 56.7 Å². The van der Waals surface area contributed by atoms with E-state index in [-0.39, 0.29) is 0 Å². The molecule has 0 unspecified atom stereocenters. The highest BCUT2D eigenvalue weighted by molar-refractivity contribution is 6.13. The summed E-state index contributed by atoms with van der Waals surface area (Å²) in [6.07, 6.45) is 1.85. The lowest BCUT2D eigenvalue weighted by Crippen LogP contribution is -2.43. The topological polar surface area (TPSA) is 91.2 Å². The summed E-state index contributed by atoms with van der Waals surface area (Å²) in [4.78, 5) is 16.2. The van der Waals surface area contributed by atoms with Crippen molar-refractivity contribution >= 4 is 34.2 Å². The molecule has 5 rings (SSSR count). The summed E-state index contributed by atoms with van der Waals surface area (Å²) in [5.41, 5.74) is 4.44. The molecule has 29 heavy (non-hydrogen) atoms. The Hall–Kier alpha value is -3.13. The van der Waals surface area contributed by atoms with E-state index in [1.165, 1.54) is 5.56 Å². The molecule has 1 saturated heterocycles. The van der Waals surface area contributed by atoms with Crippen LogP contribution in [0.2, 0.25) is 0 Å². The second kappa shape index (κ2) is 7.36. The Labute approximate surface area is 169 Å². The highest BCUT2D eigenvalue weighted by Crippen LogP contribution is 2.30. The summed E-state index contributed by atoms with van der Waals surface area (Å²) in [7, 11) is 0. The van der Waals surface area contributed by atoms with Gasteiger partial charge in [-0.1, -0.05) is 26.0 Å². The zero-order valence-electron chi connectivity index (χ0n) is 16.7. The van der Waals surface area contributed by atoms with Crippen molar-refractivity contribution in [3.05, 3.63) is 41.6 Å². The van der Waals surface area contributed by atoms with Crippen molar-refractivity contribution in [1.29, 1.82) is 0 Å². The first-order valence-corrected chi connectivity index (χ1v) is 10.1. The zero-order valence-corrected chi connectivity index (χ0v) is 16.7. The number of benzene rings is 1. The Kier molecular flexibility index (Phi) is 4.55. The number of aromatic nitrogens is 4. The molecule has 0 saturated carbocycles. The number of rotatable bonds is 4. The maximum atomic E-state index is 4.80. The Morgan fingerprint density at radius 2 is 1.93 bits per heavy atom. The van der Waals surface area contributed by atoms with E-state index in [0.29, 0.717) is 17.7 Å². The van der Waals surface area contributed by atoms with Crippen LogP contribution in [0.3, 0.4) is 0 Å². The lowest BCUT2D eigenvalue weighted by molar-refractivity contribution is 0.583. The van der Waals surface area contributed by atoms with Crippen molar-refractivity contribution in [3.8, 4) is 0 Å². The molecule has 8 nitrogen and oxygen atoms in total. The summed E-state index contributed by atoms with van der Waals surface area (Å²) in [6.45, 7) is 8.90. The first kappa shape index (κ1) is 17.9. The molecule has 0 atom stereocenters. The van der Waals surface area contributed by atoms with Crippen molar-refractivity contribution in [2.45, 2.75) is 20.4 Å². The molecule has 0 amide bonds. The Morgan fingerprint density at radius 3 is 2.69 bits per heavy atom. The molecule has 2 aliphatic heterocycles. The van der Waals surface area contributed by atoms with E-state index in [4.69, 9.17) is 9.98 Å². The van der Waals surface area contributed by atoms with E-state index in [1.807, 2.05) is 18.3 Å². The second-order valence-corrected chi connectivity index (χ2v) is 7.73. The van der Waals surface area contributed by atoms with Gasteiger partial charge in [0.2, 0.25) is 5.95 Å². The van der Waals surface area contributed by atoms with Crippen LogP contribution in [0.4, 0.5) is 17.6 Å². The van der Waals surface area contributed by atoms with Crippen LogP contribution >= 0.6 is 0 Å². The van der Waals surface area contributed by atoms with Crippen LogP contribution in [0.5, 0.6) is 0 Å². The minimum Gasteiger partial charge on any atom is -0.353 e. The van der Waals surface area contributed by atoms with E-state index in [1.54, 1.807) is 0 Å². The Balaban J connectivity index is 1.42. The lowest BCUT2D eigenvalue weighted by atomic mass is 9.96. The standard InChI is InChI=1S/C21H24N8/c1-13(2)19-18-14(11-23-19)3-4-15-12-24-21(26-20(15)18)25-16-5-6-17(28-27-16)29-9-7-22-8-10-29/h3-6,12-13,22H,7-11H2,1-2H3,(H,24,25,26,27). The molecular formula is C21H24N8. The van der Waals surface area contributed by atoms with Gasteiger partial charge < -0.3 is 15.5 Å². The van der Waals surface area contributed by atoms with Crippen LogP contribution < -0.4 is 15.5 Å². The average Bonchev–Trinajstić information content (AvgIpc) is 3.20. The van der Waals surface area contributed by atoms with Crippen LogP contribution in [0, 0.1) is 5.92 Å². The summed E-state index contributed by atoms with van der Waals surface area (Å²) in [5, 5.41) is 16.2. The van der Waals surface area contributed by atoms with Gasteiger partial charge >= 0.3 is 0 Å². The zero-order chi connectivity index (χ0) is 19.8. The lowest BCUT2D eigenvalue weighted by Gasteiger charge is -2.27. The molecule has 2 aromatic heterocycles. The van der Waals surface area contributed by atoms with Gasteiger partial charge in [-0.2, -0.15) is 0 Å².